The number of nitro benzene ring substituents is 1. The lowest BCUT2D eigenvalue weighted by Crippen LogP contribution is -1.97. The third-order valence-electron chi connectivity index (χ3n) is 1.65. The van der Waals surface area contributed by atoms with Gasteiger partial charge in [-0.3, -0.25) is 14.9 Å². The molecule has 5 nitrogen and oxygen atoms in total. The van der Waals surface area contributed by atoms with Gasteiger partial charge in [0, 0.05) is 12.1 Å². The molecular weight excluding hydrogens is 172 g/mol. The van der Waals surface area contributed by atoms with Gasteiger partial charge in [-0.1, -0.05) is 6.07 Å². The molecule has 0 fully saturated rings. The molecule has 68 valence electrons. The van der Waals surface area contributed by atoms with Crippen LogP contribution in [0.15, 0.2) is 18.2 Å². The molecule has 0 bridgehead atoms. The molecule has 5 heteroatoms. The van der Waals surface area contributed by atoms with Gasteiger partial charge >= 0.3 is 0 Å². The van der Waals surface area contributed by atoms with Crippen molar-refractivity contribution in [3.05, 3.63) is 33.9 Å². The molecule has 0 aliphatic rings. The zero-order chi connectivity index (χ0) is 9.84. The minimum atomic E-state index is -0.505. The van der Waals surface area contributed by atoms with Crippen LogP contribution >= 0.6 is 0 Å². The van der Waals surface area contributed by atoms with E-state index in [1.807, 2.05) is 0 Å². The summed E-state index contributed by atoms with van der Waals surface area (Å²) in [5, 5.41) is 12.7. The normalized spacial score (nSPS) is 9.31. The van der Waals surface area contributed by atoms with Crippen LogP contribution in [0.5, 0.6) is 0 Å². The van der Waals surface area contributed by atoms with Gasteiger partial charge in [0.15, 0.2) is 0 Å². The summed E-state index contributed by atoms with van der Waals surface area (Å²) in [6, 6.07) is 4.30. The van der Waals surface area contributed by atoms with Crippen LogP contribution in [0.25, 0.3) is 0 Å². The summed E-state index contributed by atoms with van der Waals surface area (Å²) in [5.41, 5.74) is 1.22. The first-order valence-corrected chi connectivity index (χ1v) is 3.60. The Hall–Kier alpha value is -1.91. The van der Waals surface area contributed by atoms with E-state index < -0.39 is 4.92 Å². The van der Waals surface area contributed by atoms with Crippen LogP contribution in [-0.2, 0) is 4.79 Å². The molecule has 0 aromatic heterocycles. The number of aryl methyl sites for hydroxylation is 1. The number of nitrogens with zero attached hydrogens (tertiary/aromatic N) is 1. The van der Waals surface area contributed by atoms with E-state index in [-0.39, 0.29) is 5.69 Å². The number of carbonyl (C=O) groups is 1. The fraction of sp³-hybridized carbons (Fsp3) is 0.125. The molecule has 0 spiro atoms. The van der Waals surface area contributed by atoms with Crippen LogP contribution in [0.1, 0.15) is 5.56 Å². The predicted molar refractivity (Wildman–Crippen MR) is 47.5 cm³/mol. The number of non-ortho nitro benzene ring substituents is 1. The maximum atomic E-state index is 10.4. The van der Waals surface area contributed by atoms with Crippen molar-refractivity contribution in [2.45, 2.75) is 6.92 Å². The molecule has 1 rings (SSSR count). The Balaban J connectivity index is 3.10. The van der Waals surface area contributed by atoms with Crippen LogP contribution in [0.2, 0.25) is 0 Å². The third kappa shape index (κ3) is 2.02. The average Bonchev–Trinajstić information content (AvgIpc) is 2.08. The Morgan fingerprint density at radius 3 is 2.77 bits per heavy atom. The summed E-state index contributed by atoms with van der Waals surface area (Å²) in [5.74, 6) is 0. The van der Waals surface area contributed by atoms with Gasteiger partial charge in [-0.25, -0.2) is 0 Å². The molecule has 0 saturated heterocycles. The maximum absolute atomic E-state index is 10.4. The van der Waals surface area contributed by atoms with Crippen LogP contribution in [0.4, 0.5) is 11.4 Å². The lowest BCUT2D eigenvalue weighted by molar-refractivity contribution is -0.384. The Morgan fingerprint density at radius 2 is 2.23 bits per heavy atom. The first-order chi connectivity index (χ1) is 6.15. The first kappa shape index (κ1) is 9.18. The van der Waals surface area contributed by atoms with Crippen molar-refractivity contribution in [3.8, 4) is 0 Å². The first-order valence-electron chi connectivity index (χ1n) is 3.60. The van der Waals surface area contributed by atoms with Crippen LogP contribution < -0.4 is 5.32 Å². The molecule has 1 aromatic carbocycles. The van der Waals surface area contributed by atoms with E-state index in [4.69, 9.17) is 0 Å². The second-order valence-corrected chi connectivity index (χ2v) is 2.52. The predicted octanol–water partition coefficient (Wildman–Crippen LogP) is 1.47. The summed E-state index contributed by atoms with van der Waals surface area (Å²) >= 11 is 0. The van der Waals surface area contributed by atoms with Gasteiger partial charge in [0.1, 0.15) is 0 Å². The van der Waals surface area contributed by atoms with Crippen LogP contribution in [0, 0.1) is 17.0 Å². The summed E-state index contributed by atoms with van der Waals surface area (Å²) in [6.45, 7) is 1.76. The second kappa shape index (κ2) is 3.66. The number of carbonyl (C=O) groups excluding carboxylic acids is 1. The van der Waals surface area contributed by atoms with Gasteiger partial charge in [0.25, 0.3) is 5.69 Å². The van der Waals surface area contributed by atoms with E-state index in [0.29, 0.717) is 12.1 Å². The van der Waals surface area contributed by atoms with Gasteiger partial charge in [-0.05, 0) is 12.5 Å². The zero-order valence-corrected chi connectivity index (χ0v) is 6.98. The van der Waals surface area contributed by atoms with Crippen molar-refractivity contribution in [2.24, 2.45) is 0 Å². The molecule has 0 unspecified atom stereocenters. The average molecular weight is 180 g/mol. The summed E-state index contributed by atoms with van der Waals surface area (Å²) in [6.07, 6.45) is 0.492. The summed E-state index contributed by atoms with van der Waals surface area (Å²) in [7, 11) is 0. The highest BCUT2D eigenvalue weighted by Gasteiger charge is 2.07. The van der Waals surface area contributed by atoms with Crippen molar-refractivity contribution >= 4 is 17.8 Å². The molecule has 0 saturated carbocycles. The number of hydrogen-bond donors (Lipinski definition) is 1. The third-order valence-corrected chi connectivity index (χ3v) is 1.65. The Kier molecular flexibility index (Phi) is 2.59. The minimum absolute atomic E-state index is 0.0325. The molecule has 1 aromatic rings. The molecule has 1 N–H and O–H groups in total. The van der Waals surface area contributed by atoms with Crippen molar-refractivity contribution < 1.29 is 9.72 Å². The van der Waals surface area contributed by atoms with E-state index in [1.54, 1.807) is 13.0 Å². The van der Waals surface area contributed by atoms with E-state index in [1.165, 1.54) is 12.1 Å². The standard InChI is InChI=1S/C8H8N2O3/c1-6-2-3-7(10(12)13)4-8(6)9-5-11/h2-5H,1H3,(H,9,11). The summed E-state index contributed by atoms with van der Waals surface area (Å²) in [4.78, 5) is 20.0. The fourth-order valence-electron chi connectivity index (χ4n) is 0.943. The maximum Gasteiger partial charge on any atom is 0.271 e. The number of amides is 1. The highest BCUT2D eigenvalue weighted by Crippen LogP contribution is 2.20. The van der Waals surface area contributed by atoms with Gasteiger partial charge in [-0.15, -0.1) is 0 Å². The second-order valence-electron chi connectivity index (χ2n) is 2.52. The molecule has 13 heavy (non-hydrogen) atoms. The number of benzene rings is 1. The van der Waals surface area contributed by atoms with E-state index in [2.05, 4.69) is 5.32 Å². The van der Waals surface area contributed by atoms with E-state index >= 15 is 0 Å². The topological polar surface area (TPSA) is 72.2 Å². The van der Waals surface area contributed by atoms with Crippen LogP contribution in [-0.4, -0.2) is 11.3 Å². The van der Waals surface area contributed by atoms with Crippen molar-refractivity contribution in [3.63, 3.8) is 0 Å². The number of nitrogens with one attached hydrogen (secondary N) is 1. The van der Waals surface area contributed by atoms with Gasteiger partial charge in [-0.2, -0.15) is 0 Å². The number of hydrogen-bond acceptors (Lipinski definition) is 3. The quantitative estimate of drug-likeness (QED) is 0.435. The van der Waals surface area contributed by atoms with Gasteiger partial charge in [0.2, 0.25) is 6.41 Å². The van der Waals surface area contributed by atoms with Crippen molar-refractivity contribution in [1.29, 1.82) is 0 Å². The summed E-state index contributed by atoms with van der Waals surface area (Å²) < 4.78 is 0. The van der Waals surface area contributed by atoms with Gasteiger partial charge in [0.05, 0.1) is 10.6 Å². The number of anilines is 1. The lowest BCUT2D eigenvalue weighted by atomic mass is 10.2. The molecular formula is C8H8N2O3. The zero-order valence-electron chi connectivity index (χ0n) is 6.98. The number of rotatable bonds is 3. The SMILES string of the molecule is Cc1ccc([N+](=O)[O-])cc1NC=O. The van der Waals surface area contributed by atoms with E-state index in [9.17, 15) is 14.9 Å². The van der Waals surface area contributed by atoms with Crippen molar-refractivity contribution in [1.82, 2.24) is 0 Å². The Morgan fingerprint density at radius 1 is 1.54 bits per heavy atom. The molecule has 0 aliphatic heterocycles. The van der Waals surface area contributed by atoms with Gasteiger partial charge < -0.3 is 5.32 Å². The lowest BCUT2D eigenvalue weighted by Gasteiger charge is -2.02. The van der Waals surface area contributed by atoms with E-state index in [0.717, 1.165) is 5.56 Å². The molecule has 0 radical (unpaired) electrons. The molecule has 0 aliphatic carbocycles. The highest BCUT2D eigenvalue weighted by atomic mass is 16.6. The molecule has 0 atom stereocenters. The molecule has 0 heterocycles. The van der Waals surface area contributed by atoms with Crippen LogP contribution in [0.3, 0.4) is 0 Å². The molecule has 1 amide bonds. The minimum Gasteiger partial charge on any atom is -0.328 e. The number of nitro groups is 1. The largest absolute Gasteiger partial charge is 0.328 e. The Bertz CT molecular complexity index is 349. The highest BCUT2D eigenvalue weighted by molar-refractivity contribution is 5.74. The van der Waals surface area contributed by atoms with Crippen molar-refractivity contribution in [2.75, 3.05) is 5.32 Å². The fourth-order valence-corrected chi connectivity index (χ4v) is 0.943. The Labute approximate surface area is 74.5 Å². The smallest absolute Gasteiger partial charge is 0.271 e. The monoisotopic (exact) mass is 180 g/mol.